The highest BCUT2D eigenvalue weighted by molar-refractivity contribution is 6.28. The van der Waals surface area contributed by atoms with E-state index in [1.54, 1.807) is 0 Å². The van der Waals surface area contributed by atoms with Crippen LogP contribution in [0.3, 0.4) is 0 Å². The third kappa shape index (κ3) is 3.44. The standard InChI is InChI=1S/C44H26O/c1-3-15-29-27(12-1)14-11-23-32(29)41-33-18-6-8-20-35(33)42(36-21-9-7-19-34(36)41)39-26-40-38-25-24-28-13-2-4-16-30(28)43(38)45-44(40)37-22-10-5-17-31(37)39/h1-26H/i2D,4D,13D,16D,24D,25D. The van der Waals surface area contributed by atoms with Gasteiger partial charge in [0.2, 0.25) is 0 Å². The Bertz CT molecular complexity index is 3100. The Morgan fingerprint density at radius 2 is 0.911 bits per heavy atom. The largest absolute Gasteiger partial charge is 0.455 e. The fraction of sp³-hybridized carbons (Fsp3) is 0. The van der Waals surface area contributed by atoms with Gasteiger partial charge in [-0.2, -0.15) is 0 Å². The van der Waals surface area contributed by atoms with E-state index < -0.39 is 12.1 Å². The first-order valence-corrected chi connectivity index (χ1v) is 15.0. The normalized spacial score (nSPS) is 13.9. The van der Waals surface area contributed by atoms with Crippen molar-refractivity contribution in [1.29, 1.82) is 0 Å². The summed E-state index contributed by atoms with van der Waals surface area (Å²) in [5, 5.41) is 9.57. The number of furan rings is 1. The van der Waals surface area contributed by atoms with Crippen molar-refractivity contribution in [3.63, 3.8) is 0 Å². The van der Waals surface area contributed by atoms with Crippen molar-refractivity contribution in [3.8, 4) is 22.3 Å². The average molecular weight is 577 g/mol. The Balaban J connectivity index is 1.40. The molecule has 0 saturated heterocycles. The Morgan fingerprint density at radius 1 is 0.356 bits per heavy atom. The third-order valence-electron chi connectivity index (χ3n) is 9.18. The molecular formula is C44H26O. The molecule has 0 unspecified atom stereocenters. The molecule has 0 saturated carbocycles. The van der Waals surface area contributed by atoms with Gasteiger partial charge in [0.25, 0.3) is 0 Å². The van der Waals surface area contributed by atoms with Gasteiger partial charge in [0, 0.05) is 21.5 Å². The molecule has 10 rings (SSSR count). The molecule has 208 valence electrons. The first-order valence-electron chi connectivity index (χ1n) is 18.0. The van der Waals surface area contributed by atoms with Gasteiger partial charge in [0.05, 0.1) is 8.22 Å². The maximum Gasteiger partial charge on any atom is 0.143 e. The molecule has 0 aliphatic rings. The molecule has 1 nitrogen and oxygen atoms in total. The van der Waals surface area contributed by atoms with E-state index in [0.29, 0.717) is 16.4 Å². The van der Waals surface area contributed by atoms with Crippen LogP contribution in [0, 0.1) is 0 Å². The second kappa shape index (κ2) is 9.29. The molecule has 0 bridgehead atoms. The summed E-state index contributed by atoms with van der Waals surface area (Å²) >= 11 is 0. The Kier molecular flexibility index (Phi) is 4.00. The quantitative estimate of drug-likeness (QED) is 0.187. The van der Waals surface area contributed by atoms with Crippen molar-refractivity contribution in [2.75, 3.05) is 0 Å². The van der Waals surface area contributed by atoms with Gasteiger partial charge in [-0.1, -0.05) is 145 Å². The van der Waals surface area contributed by atoms with Crippen LogP contribution in [0.15, 0.2) is 162 Å². The zero-order valence-corrected chi connectivity index (χ0v) is 24.0. The third-order valence-corrected chi connectivity index (χ3v) is 9.18. The van der Waals surface area contributed by atoms with E-state index in [1.807, 2.05) is 24.3 Å². The Hall–Kier alpha value is -5.92. The lowest BCUT2D eigenvalue weighted by Gasteiger charge is -2.20. The maximum absolute atomic E-state index is 9.20. The van der Waals surface area contributed by atoms with Gasteiger partial charge >= 0.3 is 0 Å². The summed E-state index contributed by atoms with van der Waals surface area (Å²) in [5.74, 6) is 0. The maximum atomic E-state index is 9.20. The van der Waals surface area contributed by atoms with E-state index in [2.05, 4.69) is 97.1 Å². The molecule has 1 heterocycles. The summed E-state index contributed by atoms with van der Waals surface area (Å²) in [6.45, 7) is 0. The summed E-state index contributed by atoms with van der Waals surface area (Å²) in [7, 11) is 0. The summed E-state index contributed by atoms with van der Waals surface area (Å²) < 4.78 is 58.8. The van der Waals surface area contributed by atoms with Crippen molar-refractivity contribution in [2.45, 2.75) is 0 Å². The fourth-order valence-electron chi connectivity index (χ4n) is 7.28. The summed E-state index contributed by atoms with van der Waals surface area (Å²) in [5.41, 5.74) is 5.01. The monoisotopic (exact) mass is 576 g/mol. The van der Waals surface area contributed by atoms with Crippen LogP contribution in [0.4, 0.5) is 0 Å². The lowest BCUT2D eigenvalue weighted by atomic mass is 9.83. The van der Waals surface area contributed by atoms with E-state index >= 15 is 0 Å². The number of hydrogen-bond donors (Lipinski definition) is 0. The number of fused-ring (bicyclic) bond motifs is 10. The lowest BCUT2D eigenvalue weighted by molar-refractivity contribution is 0.676. The van der Waals surface area contributed by atoms with Crippen molar-refractivity contribution in [2.24, 2.45) is 0 Å². The molecule has 9 aromatic carbocycles. The van der Waals surface area contributed by atoms with Crippen LogP contribution in [0.25, 0.3) is 98.1 Å². The Labute approximate surface area is 268 Å². The van der Waals surface area contributed by atoms with Crippen molar-refractivity contribution in [3.05, 3.63) is 158 Å². The van der Waals surface area contributed by atoms with Gasteiger partial charge in [-0.25, -0.2) is 0 Å². The molecule has 1 aromatic heterocycles. The van der Waals surface area contributed by atoms with Crippen LogP contribution in [-0.2, 0) is 0 Å². The molecule has 0 amide bonds. The first kappa shape index (κ1) is 19.4. The molecule has 0 aliphatic carbocycles. The first-order chi connectivity index (χ1) is 24.8. The number of hydrogen-bond acceptors (Lipinski definition) is 1. The number of benzene rings is 9. The van der Waals surface area contributed by atoms with Gasteiger partial charge in [0.1, 0.15) is 11.2 Å². The lowest BCUT2D eigenvalue weighted by Crippen LogP contribution is -1.92. The molecule has 0 aliphatic heterocycles. The highest BCUT2D eigenvalue weighted by Gasteiger charge is 2.21. The SMILES string of the molecule is [2H]c1c([2H])c([2H])c2c(c1[2H])c([2H])c([2H])c1c3cc(-c4c5ccccc5c(-c5cccc6ccccc56)c5ccccc45)c4ccccc4c3oc21. The topological polar surface area (TPSA) is 13.1 Å². The average Bonchev–Trinajstić information content (AvgIpc) is 3.56. The van der Waals surface area contributed by atoms with Crippen molar-refractivity contribution >= 4 is 75.8 Å². The van der Waals surface area contributed by atoms with Crippen LogP contribution in [-0.4, -0.2) is 0 Å². The fourth-order valence-corrected chi connectivity index (χ4v) is 7.28. The van der Waals surface area contributed by atoms with Crippen LogP contribution >= 0.6 is 0 Å². The van der Waals surface area contributed by atoms with Gasteiger partial charge in [0.15, 0.2) is 0 Å². The predicted octanol–water partition coefficient (Wildman–Crippen LogP) is 12.7. The van der Waals surface area contributed by atoms with Gasteiger partial charge in [-0.05, 0) is 77.5 Å². The minimum Gasteiger partial charge on any atom is -0.455 e. The van der Waals surface area contributed by atoms with Gasteiger partial charge in [-0.15, -0.1) is 0 Å². The molecule has 1 heteroatoms. The minimum atomic E-state index is -0.436. The highest BCUT2D eigenvalue weighted by atomic mass is 16.3. The van der Waals surface area contributed by atoms with Crippen LogP contribution in [0.1, 0.15) is 8.22 Å². The minimum absolute atomic E-state index is 0.0110. The van der Waals surface area contributed by atoms with Crippen molar-refractivity contribution < 1.29 is 12.6 Å². The second-order valence-corrected chi connectivity index (χ2v) is 11.5. The zero-order chi connectivity index (χ0) is 34.7. The van der Waals surface area contributed by atoms with E-state index in [9.17, 15) is 1.37 Å². The molecule has 0 fully saturated rings. The van der Waals surface area contributed by atoms with Crippen molar-refractivity contribution in [1.82, 2.24) is 0 Å². The van der Waals surface area contributed by atoms with E-state index in [-0.39, 0.29) is 40.5 Å². The molecule has 0 spiro atoms. The summed E-state index contributed by atoms with van der Waals surface area (Å²) in [6, 6.07) is 40.1. The second-order valence-electron chi connectivity index (χ2n) is 11.5. The number of rotatable bonds is 2. The van der Waals surface area contributed by atoms with Gasteiger partial charge in [-0.3, -0.25) is 0 Å². The molecular weight excluding hydrogens is 544 g/mol. The Morgan fingerprint density at radius 3 is 1.64 bits per heavy atom. The van der Waals surface area contributed by atoms with Crippen LogP contribution < -0.4 is 0 Å². The molecule has 45 heavy (non-hydrogen) atoms. The zero-order valence-electron chi connectivity index (χ0n) is 30.0. The summed E-state index contributed by atoms with van der Waals surface area (Å²) in [4.78, 5) is 0. The highest BCUT2D eigenvalue weighted by Crippen LogP contribution is 2.48. The van der Waals surface area contributed by atoms with E-state index in [4.69, 9.17) is 11.3 Å². The van der Waals surface area contributed by atoms with E-state index in [1.165, 1.54) is 10.8 Å². The van der Waals surface area contributed by atoms with Crippen LogP contribution in [0.5, 0.6) is 0 Å². The molecule has 0 N–H and O–H groups in total. The smallest absolute Gasteiger partial charge is 0.143 e. The van der Waals surface area contributed by atoms with Gasteiger partial charge < -0.3 is 4.42 Å². The predicted molar refractivity (Wildman–Crippen MR) is 192 cm³/mol. The van der Waals surface area contributed by atoms with E-state index in [0.717, 1.165) is 54.6 Å². The molecule has 0 radical (unpaired) electrons. The molecule has 10 aromatic rings. The summed E-state index contributed by atoms with van der Waals surface area (Å²) in [6.07, 6.45) is 0. The molecule has 0 atom stereocenters. The van der Waals surface area contributed by atoms with Crippen LogP contribution in [0.2, 0.25) is 0 Å².